The third kappa shape index (κ3) is 22.2. The molecule has 0 saturated carbocycles. The predicted octanol–water partition coefficient (Wildman–Crippen LogP) is 0.283. The number of methoxy groups -OCH3 is 1. The molecule has 1 atom stereocenters. The summed E-state index contributed by atoms with van der Waals surface area (Å²) in [5.41, 5.74) is 0. The molecule has 120 valence electrons. The Morgan fingerprint density at radius 2 is 1.45 bits per heavy atom. The summed E-state index contributed by atoms with van der Waals surface area (Å²) in [5.74, 6) is 0. The lowest BCUT2D eigenvalue weighted by Crippen LogP contribution is -2.19. The first-order chi connectivity index (χ1) is 9.72. The molecule has 0 spiro atoms. The number of aliphatic hydroxyl groups is 2. The molecule has 20 heavy (non-hydrogen) atoms. The maximum Gasteiger partial charge on any atom is 0.177 e. The Bertz CT molecular complexity index is 193. The second kappa shape index (κ2) is 20.4. The largest absolute Gasteiger partial charge is 0.474 e. The maximum absolute atomic E-state index is 8.93. The van der Waals surface area contributed by atoms with Crippen molar-refractivity contribution in [3.05, 3.63) is 25.7 Å². The van der Waals surface area contributed by atoms with Crippen LogP contribution in [0, 0.1) is 0 Å². The Balaban J connectivity index is 0. The number of ether oxygens (including phenoxy) is 5. The second-order valence-electron chi connectivity index (χ2n) is 3.18. The molecular weight excluding hydrogens is 268 g/mol. The number of hydrogen-bond acceptors (Lipinski definition) is 7. The average Bonchev–Trinajstić information content (AvgIpc) is 2.46. The van der Waals surface area contributed by atoms with Gasteiger partial charge in [-0.2, -0.15) is 0 Å². The van der Waals surface area contributed by atoms with Crippen LogP contribution >= 0.6 is 0 Å². The molecule has 1 unspecified atom stereocenters. The van der Waals surface area contributed by atoms with Crippen molar-refractivity contribution in [3.8, 4) is 0 Å². The molecule has 0 amide bonds. The minimum atomic E-state index is -0.877. The molecule has 0 bridgehead atoms. The van der Waals surface area contributed by atoms with E-state index in [1.807, 2.05) is 0 Å². The van der Waals surface area contributed by atoms with Gasteiger partial charge in [0.2, 0.25) is 0 Å². The first kappa shape index (κ1) is 21.3. The van der Waals surface area contributed by atoms with Crippen molar-refractivity contribution in [1.29, 1.82) is 0 Å². The Hall–Kier alpha value is -0.960. The molecule has 0 aliphatic rings. The van der Waals surface area contributed by atoms with Gasteiger partial charge >= 0.3 is 0 Å². The van der Waals surface area contributed by atoms with Crippen LogP contribution in [0.3, 0.4) is 0 Å². The van der Waals surface area contributed by atoms with E-state index in [1.54, 1.807) is 0 Å². The van der Waals surface area contributed by atoms with Gasteiger partial charge in [-0.3, -0.25) is 0 Å². The fraction of sp³-hybridized carbons (Fsp3) is 0.692. The molecule has 7 heteroatoms. The number of aliphatic hydroxyl groups excluding tert-OH is 2. The van der Waals surface area contributed by atoms with Crippen molar-refractivity contribution < 1.29 is 33.9 Å². The highest BCUT2D eigenvalue weighted by atomic mass is 16.6. The van der Waals surface area contributed by atoms with Crippen molar-refractivity contribution in [1.82, 2.24) is 0 Å². The summed E-state index contributed by atoms with van der Waals surface area (Å²) in [5, 5.41) is 17.3. The molecule has 0 heterocycles. The average molecular weight is 294 g/mol. The Morgan fingerprint density at radius 3 is 1.85 bits per heavy atom. The minimum Gasteiger partial charge on any atom is -0.474 e. The third-order valence-electron chi connectivity index (χ3n) is 1.70. The summed E-state index contributed by atoms with van der Waals surface area (Å²) in [6.45, 7) is 8.79. The van der Waals surface area contributed by atoms with Gasteiger partial charge in [0.1, 0.15) is 0 Å². The van der Waals surface area contributed by atoms with Crippen LogP contribution in [0.5, 0.6) is 0 Å². The summed E-state index contributed by atoms with van der Waals surface area (Å²) in [6.07, 6.45) is 1.75. The normalized spacial score (nSPS) is 11.2. The maximum atomic E-state index is 8.93. The zero-order valence-corrected chi connectivity index (χ0v) is 12.0. The monoisotopic (exact) mass is 294 g/mol. The van der Waals surface area contributed by atoms with E-state index >= 15 is 0 Å². The highest BCUT2D eigenvalue weighted by molar-refractivity contribution is 4.57. The molecule has 0 aromatic carbocycles. The standard InChI is InChI=1S/C9H20O6.C4H6O/c1-12-9(11)8-15-7-6-14-5-4-13-3-2-10;1-3-5-4-2/h9-11H,2-8H2,1H3;3-4H,1-2H2. The van der Waals surface area contributed by atoms with Gasteiger partial charge < -0.3 is 33.9 Å². The van der Waals surface area contributed by atoms with Crippen LogP contribution in [-0.2, 0) is 23.7 Å². The molecule has 0 aliphatic heterocycles. The Kier molecular flexibility index (Phi) is 21.7. The van der Waals surface area contributed by atoms with Gasteiger partial charge in [0, 0.05) is 7.11 Å². The van der Waals surface area contributed by atoms with Crippen LogP contribution in [0.4, 0.5) is 0 Å². The van der Waals surface area contributed by atoms with E-state index in [0.717, 1.165) is 0 Å². The van der Waals surface area contributed by atoms with E-state index in [0.29, 0.717) is 33.0 Å². The Morgan fingerprint density at radius 1 is 0.950 bits per heavy atom. The highest BCUT2D eigenvalue weighted by Crippen LogP contribution is 1.86. The lowest BCUT2D eigenvalue weighted by molar-refractivity contribution is -0.123. The zero-order valence-electron chi connectivity index (χ0n) is 12.0. The van der Waals surface area contributed by atoms with Crippen LogP contribution < -0.4 is 0 Å². The van der Waals surface area contributed by atoms with Crippen LogP contribution in [0.2, 0.25) is 0 Å². The molecule has 7 nitrogen and oxygen atoms in total. The topological polar surface area (TPSA) is 86.6 Å². The third-order valence-corrected chi connectivity index (χ3v) is 1.70. The van der Waals surface area contributed by atoms with E-state index < -0.39 is 6.29 Å². The van der Waals surface area contributed by atoms with E-state index in [1.165, 1.54) is 19.6 Å². The summed E-state index contributed by atoms with van der Waals surface area (Å²) in [6, 6.07) is 0. The molecule has 0 saturated heterocycles. The van der Waals surface area contributed by atoms with Gasteiger partial charge in [-0.15, -0.1) is 0 Å². The van der Waals surface area contributed by atoms with E-state index in [2.05, 4.69) is 22.6 Å². The summed E-state index contributed by atoms with van der Waals surface area (Å²) < 4.78 is 24.1. The Labute approximate surface area is 120 Å². The SMILES string of the molecule is C=COC=C.COC(O)COCCOCCOCCO. The van der Waals surface area contributed by atoms with Crippen LogP contribution in [0.15, 0.2) is 25.7 Å². The lowest BCUT2D eigenvalue weighted by atomic mass is 10.6. The molecule has 0 fully saturated rings. The lowest BCUT2D eigenvalue weighted by Gasteiger charge is -2.09. The summed E-state index contributed by atoms with van der Waals surface area (Å²) in [7, 11) is 1.41. The van der Waals surface area contributed by atoms with Gasteiger partial charge in [0.05, 0.1) is 58.8 Å². The quantitative estimate of drug-likeness (QED) is 0.287. The molecule has 0 aromatic rings. The second-order valence-corrected chi connectivity index (χ2v) is 3.18. The van der Waals surface area contributed by atoms with Crippen molar-refractivity contribution in [2.45, 2.75) is 6.29 Å². The molecule has 0 radical (unpaired) electrons. The van der Waals surface area contributed by atoms with Gasteiger partial charge in [0.15, 0.2) is 6.29 Å². The summed E-state index contributed by atoms with van der Waals surface area (Å²) in [4.78, 5) is 0. The van der Waals surface area contributed by atoms with Gasteiger partial charge in [-0.05, 0) is 0 Å². The van der Waals surface area contributed by atoms with E-state index in [9.17, 15) is 0 Å². The predicted molar refractivity (Wildman–Crippen MR) is 74.0 cm³/mol. The van der Waals surface area contributed by atoms with E-state index in [4.69, 9.17) is 24.4 Å². The molecule has 0 aromatic heterocycles. The van der Waals surface area contributed by atoms with Crippen molar-refractivity contribution in [2.24, 2.45) is 0 Å². The fourth-order valence-electron chi connectivity index (χ4n) is 0.825. The van der Waals surface area contributed by atoms with Crippen molar-refractivity contribution >= 4 is 0 Å². The molecular formula is C13H26O7. The molecule has 0 aliphatic carbocycles. The van der Waals surface area contributed by atoms with Crippen LogP contribution in [0.25, 0.3) is 0 Å². The smallest absolute Gasteiger partial charge is 0.177 e. The zero-order chi connectivity index (χ0) is 15.5. The molecule has 2 N–H and O–H groups in total. The van der Waals surface area contributed by atoms with Crippen LogP contribution in [-0.4, -0.2) is 69.9 Å². The van der Waals surface area contributed by atoms with Gasteiger partial charge in [-0.25, -0.2) is 0 Å². The van der Waals surface area contributed by atoms with Crippen LogP contribution in [0.1, 0.15) is 0 Å². The highest BCUT2D eigenvalue weighted by Gasteiger charge is 1.99. The minimum absolute atomic E-state index is 0.0258. The van der Waals surface area contributed by atoms with Gasteiger partial charge in [0.25, 0.3) is 0 Å². The van der Waals surface area contributed by atoms with E-state index in [-0.39, 0.29) is 13.2 Å². The first-order valence-electron chi connectivity index (χ1n) is 6.15. The number of hydrogen-bond donors (Lipinski definition) is 2. The van der Waals surface area contributed by atoms with Crippen molar-refractivity contribution in [3.63, 3.8) is 0 Å². The fourth-order valence-corrected chi connectivity index (χ4v) is 0.825. The van der Waals surface area contributed by atoms with Crippen molar-refractivity contribution in [2.75, 3.05) is 53.4 Å². The first-order valence-corrected chi connectivity index (χ1v) is 6.15. The van der Waals surface area contributed by atoms with Gasteiger partial charge in [-0.1, -0.05) is 13.2 Å². The summed E-state index contributed by atoms with van der Waals surface area (Å²) >= 11 is 0. The number of rotatable bonds is 13. The molecule has 0 rings (SSSR count).